The Morgan fingerprint density at radius 2 is 2.16 bits per heavy atom. The number of carbonyl (C=O) groups excluding carboxylic acids is 1. The van der Waals surface area contributed by atoms with Crippen molar-refractivity contribution >= 4 is 35.2 Å². The predicted molar refractivity (Wildman–Crippen MR) is 75.2 cm³/mol. The zero-order valence-electron chi connectivity index (χ0n) is 10.5. The van der Waals surface area contributed by atoms with Crippen LogP contribution < -0.4 is 10.6 Å². The van der Waals surface area contributed by atoms with E-state index in [4.69, 9.17) is 22.4 Å². The lowest BCUT2D eigenvalue weighted by Gasteiger charge is -2.23. The van der Waals surface area contributed by atoms with Crippen molar-refractivity contribution in [2.75, 3.05) is 18.0 Å². The van der Waals surface area contributed by atoms with Crippen molar-refractivity contribution < 1.29 is 14.7 Å². The van der Waals surface area contributed by atoms with Crippen LogP contribution in [0.5, 0.6) is 0 Å². The molecule has 1 amide bonds. The highest BCUT2D eigenvalue weighted by Crippen LogP contribution is 2.26. The summed E-state index contributed by atoms with van der Waals surface area (Å²) in [4.78, 5) is 23.3. The summed E-state index contributed by atoms with van der Waals surface area (Å²) in [6.45, 7) is 2.47. The number of amides is 1. The Kier molecular flexibility index (Phi) is 5.38. The smallest absolute Gasteiger partial charge is 0.328 e. The first-order chi connectivity index (χ1) is 8.93. The van der Waals surface area contributed by atoms with Crippen LogP contribution in [0.1, 0.15) is 12.5 Å². The minimum absolute atomic E-state index is 0.0464. The fraction of sp³-hybridized carbons (Fsp3) is 0.231. The van der Waals surface area contributed by atoms with Crippen LogP contribution in [-0.4, -0.2) is 30.1 Å². The topological polar surface area (TPSA) is 83.6 Å². The molecular weight excluding hydrogens is 268 g/mol. The first kappa shape index (κ1) is 15.0. The summed E-state index contributed by atoms with van der Waals surface area (Å²) in [7, 11) is 0. The van der Waals surface area contributed by atoms with E-state index in [1.807, 2.05) is 6.92 Å². The number of carbonyl (C=O) groups is 2. The second-order valence-corrected chi connectivity index (χ2v) is 4.29. The number of hydrogen-bond donors (Lipinski definition) is 2. The molecule has 0 aliphatic carbocycles. The van der Waals surface area contributed by atoms with Crippen LogP contribution in [0.15, 0.2) is 24.3 Å². The molecule has 6 heteroatoms. The summed E-state index contributed by atoms with van der Waals surface area (Å²) in [5.74, 6) is -1.51. The lowest BCUT2D eigenvalue weighted by atomic mass is 10.1. The molecule has 1 rings (SSSR count). The van der Waals surface area contributed by atoms with Gasteiger partial charge in [-0.3, -0.25) is 4.79 Å². The molecule has 0 aliphatic rings. The number of rotatable bonds is 6. The maximum atomic E-state index is 11.0. The fourth-order valence-corrected chi connectivity index (χ4v) is 1.81. The van der Waals surface area contributed by atoms with Gasteiger partial charge in [0.25, 0.3) is 0 Å². The van der Waals surface area contributed by atoms with Crippen molar-refractivity contribution in [2.24, 2.45) is 5.73 Å². The molecule has 0 bridgehead atoms. The van der Waals surface area contributed by atoms with E-state index < -0.39 is 11.9 Å². The van der Waals surface area contributed by atoms with E-state index in [-0.39, 0.29) is 6.54 Å². The summed E-state index contributed by atoms with van der Waals surface area (Å²) in [5.41, 5.74) is 6.53. The molecule has 0 unspecified atom stereocenters. The Hall–Kier alpha value is -2.01. The average molecular weight is 283 g/mol. The van der Waals surface area contributed by atoms with Crippen molar-refractivity contribution in [3.63, 3.8) is 0 Å². The molecule has 0 aliphatic heterocycles. The molecule has 0 saturated carbocycles. The molecule has 1 aromatic rings. The minimum atomic E-state index is -1.04. The van der Waals surface area contributed by atoms with Gasteiger partial charge in [-0.1, -0.05) is 17.7 Å². The number of hydrogen-bond acceptors (Lipinski definition) is 3. The highest BCUT2D eigenvalue weighted by atomic mass is 35.5. The molecule has 0 heterocycles. The fourth-order valence-electron chi connectivity index (χ4n) is 1.65. The molecular formula is C13H15ClN2O3. The van der Waals surface area contributed by atoms with Crippen molar-refractivity contribution in [1.82, 2.24) is 0 Å². The number of nitrogens with two attached hydrogens (primary N) is 1. The van der Waals surface area contributed by atoms with Gasteiger partial charge in [0.15, 0.2) is 0 Å². The van der Waals surface area contributed by atoms with Gasteiger partial charge in [-0.2, -0.15) is 0 Å². The van der Waals surface area contributed by atoms with Crippen molar-refractivity contribution in [3.05, 3.63) is 34.9 Å². The monoisotopic (exact) mass is 282 g/mol. The summed E-state index contributed by atoms with van der Waals surface area (Å²) >= 11 is 5.93. The van der Waals surface area contributed by atoms with Gasteiger partial charge >= 0.3 is 5.97 Å². The second-order valence-electron chi connectivity index (χ2n) is 3.86. The number of benzene rings is 1. The van der Waals surface area contributed by atoms with Crippen LogP contribution in [0, 0.1) is 0 Å². The maximum Gasteiger partial charge on any atom is 0.328 e. The first-order valence-electron chi connectivity index (χ1n) is 5.67. The second kappa shape index (κ2) is 6.80. The first-order valence-corrected chi connectivity index (χ1v) is 6.05. The lowest BCUT2D eigenvalue weighted by Crippen LogP contribution is -2.34. The van der Waals surface area contributed by atoms with Crippen molar-refractivity contribution in [2.45, 2.75) is 6.92 Å². The lowest BCUT2D eigenvalue weighted by molar-refractivity contribution is -0.131. The number of likely N-dealkylation sites (N-methyl/N-ethyl adjacent to an activating group) is 1. The third-order valence-electron chi connectivity index (χ3n) is 2.47. The Balaban J connectivity index is 3.17. The minimum Gasteiger partial charge on any atom is -0.478 e. The average Bonchev–Trinajstić information content (AvgIpc) is 2.34. The number of primary amides is 1. The Labute approximate surface area is 116 Å². The number of nitrogens with zero attached hydrogens (tertiary/aromatic N) is 1. The quantitative estimate of drug-likeness (QED) is 0.779. The molecule has 102 valence electrons. The van der Waals surface area contributed by atoms with Crippen LogP contribution in [0.2, 0.25) is 5.02 Å². The third kappa shape index (κ3) is 4.63. The van der Waals surface area contributed by atoms with E-state index >= 15 is 0 Å². The standard InChI is InChI=1S/C13H15ClN2O3/c1-2-16(8-12(15)17)11-7-10(14)5-3-9(11)4-6-13(18)19/h3-7H,2,8H2,1H3,(H2,15,17)(H,18,19)/b6-4+. The van der Waals surface area contributed by atoms with Crippen LogP contribution >= 0.6 is 11.6 Å². The normalized spacial score (nSPS) is 10.6. The number of carboxylic acid groups (broad SMARTS) is 1. The van der Waals surface area contributed by atoms with E-state index in [0.29, 0.717) is 22.8 Å². The summed E-state index contributed by atoms with van der Waals surface area (Å²) < 4.78 is 0. The van der Waals surface area contributed by atoms with Crippen molar-refractivity contribution in [3.8, 4) is 0 Å². The Morgan fingerprint density at radius 1 is 1.47 bits per heavy atom. The van der Waals surface area contributed by atoms with Gasteiger partial charge < -0.3 is 15.7 Å². The van der Waals surface area contributed by atoms with Gasteiger partial charge in [-0.15, -0.1) is 0 Å². The van der Waals surface area contributed by atoms with Gasteiger partial charge in [0.2, 0.25) is 5.91 Å². The van der Waals surface area contributed by atoms with Gasteiger partial charge in [0.05, 0.1) is 6.54 Å². The van der Waals surface area contributed by atoms with E-state index in [9.17, 15) is 9.59 Å². The van der Waals surface area contributed by atoms with Gasteiger partial charge in [0, 0.05) is 23.3 Å². The highest BCUT2D eigenvalue weighted by molar-refractivity contribution is 6.31. The van der Waals surface area contributed by atoms with Gasteiger partial charge in [-0.25, -0.2) is 4.79 Å². The van der Waals surface area contributed by atoms with Crippen molar-refractivity contribution in [1.29, 1.82) is 0 Å². The van der Waals surface area contributed by atoms with Crippen LogP contribution in [0.25, 0.3) is 6.08 Å². The van der Waals surface area contributed by atoms with Gasteiger partial charge in [-0.05, 0) is 30.7 Å². The molecule has 3 N–H and O–H groups in total. The number of aliphatic carboxylic acids is 1. The molecule has 0 fully saturated rings. The van der Waals surface area contributed by atoms with Crippen LogP contribution in [0.3, 0.4) is 0 Å². The van der Waals surface area contributed by atoms with E-state index in [2.05, 4.69) is 0 Å². The molecule has 1 aromatic carbocycles. The van der Waals surface area contributed by atoms with E-state index in [1.165, 1.54) is 6.08 Å². The number of carboxylic acids is 1. The van der Waals surface area contributed by atoms with Gasteiger partial charge in [0.1, 0.15) is 0 Å². The molecule has 5 nitrogen and oxygen atoms in total. The zero-order chi connectivity index (χ0) is 14.4. The molecule has 0 saturated heterocycles. The zero-order valence-corrected chi connectivity index (χ0v) is 11.2. The summed E-state index contributed by atoms with van der Waals surface area (Å²) in [6, 6.07) is 5.03. The Bertz CT molecular complexity index is 515. The number of anilines is 1. The molecule has 0 aromatic heterocycles. The Morgan fingerprint density at radius 3 is 2.68 bits per heavy atom. The highest BCUT2D eigenvalue weighted by Gasteiger charge is 2.11. The largest absolute Gasteiger partial charge is 0.478 e. The third-order valence-corrected chi connectivity index (χ3v) is 2.70. The summed E-state index contributed by atoms with van der Waals surface area (Å²) in [6.07, 6.45) is 2.49. The molecule has 0 radical (unpaired) electrons. The SMILES string of the molecule is CCN(CC(N)=O)c1cc(Cl)ccc1/C=C/C(=O)O. The molecule has 0 spiro atoms. The predicted octanol–water partition coefficient (Wildman–Crippen LogP) is 1.75. The molecule has 19 heavy (non-hydrogen) atoms. The van der Waals surface area contributed by atoms with Crippen LogP contribution in [-0.2, 0) is 9.59 Å². The molecule has 0 atom stereocenters. The number of halogens is 1. The summed E-state index contributed by atoms with van der Waals surface area (Å²) in [5, 5.41) is 9.17. The maximum absolute atomic E-state index is 11.0. The van der Waals surface area contributed by atoms with E-state index in [0.717, 1.165) is 6.08 Å². The van der Waals surface area contributed by atoms with Crippen LogP contribution in [0.4, 0.5) is 5.69 Å². The van der Waals surface area contributed by atoms with E-state index in [1.54, 1.807) is 23.1 Å².